The van der Waals surface area contributed by atoms with Crippen molar-refractivity contribution in [1.82, 2.24) is 5.32 Å². The fourth-order valence-electron chi connectivity index (χ4n) is 2.31. The van der Waals surface area contributed by atoms with Gasteiger partial charge in [0, 0.05) is 5.69 Å². The molecule has 0 saturated carbocycles. The van der Waals surface area contributed by atoms with Crippen LogP contribution in [0.2, 0.25) is 0 Å². The first kappa shape index (κ1) is 16.5. The van der Waals surface area contributed by atoms with Gasteiger partial charge in [0.15, 0.2) is 5.11 Å². The average Bonchev–Trinajstić information content (AvgIpc) is 2.49. The zero-order valence-corrected chi connectivity index (χ0v) is 14.2. The monoisotopic (exact) mass is 314 g/mol. The lowest BCUT2D eigenvalue weighted by Gasteiger charge is -2.22. The van der Waals surface area contributed by atoms with Crippen molar-refractivity contribution in [2.75, 3.05) is 26.0 Å². The lowest BCUT2D eigenvalue weighted by molar-refractivity contribution is -0.860. The molecular weight excluding hydrogens is 290 g/mol. The van der Waals surface area contributed by atoms with Crippen LogP contribution in [-0.4, -0.2) is 25.8 Å². The topological polar surface area (TPSA) is 28.5 Å². The number of benzene rings is 2. The fraction of sp³-hybridized carbons (Fsp3) is 0.278. The molecule has 2 rings (SSSR count). The van der Waals surface area contributed by atoms with Crippen molar-refractivity contribution in [3.63, 3.8) is 0 Å². The predicted molar refractivity (Wildman–Crippen MR) is 97.4 cm³/mol. The maximum atomic E-state index is 5.47. The van der Waals surface area contributed by atoms with Crippen LogP contribution in [0.1, 0.15) is 17.2 Å². The number of hydrogen-bond donors (Lipinski definition) is 3. The summed E-state index contributed by atoms with van der Waals surface area (Å²) in [6, 6.07) is 18.8. The number of thiocarbonyl (C=S) groups is 1. The van der Waals surface area contributed by atoms with E-state index in [9.17, 15) is 0 Å². The van der Waals surface area contributed by atoms with Crippen LogP contribution in [-0.2, 0) is 0 Å². The molecule has 0 heterocycles. The van der Waals surface area contributed by atoms with Crippen molar-refractivity contribution in [3.8, 4) is 0 Å². The highest BCUT2D eigenvalue weighted by Gasteiger charge is 2.15. The highest BCUT2D eigenvalue weighted by Crippen LogP contribution is 2.12. The van der Waals surface area contributed by atoms with Crippen molar-refractivity contribution in [2.45, 2.75) is 13.0 Å². The molecule has 0 spiro atoms. The maximum absolute atomic E-state index is 5.47. The second-order valence-corrected chi connectivity index (χ2v) is 6.25. The van der Waals surface area contributed by atoms with E-state index >= 15 is 0 Å². The van der Waals surface area contributed by atoms with E-state index in [-0.39, 0.29) is 6.04 Å². The van der Waals surface area contributed by atoms with Gasteiger partial charge in [0.25, 0.3) is 0 Å². The van der Waals surface area contributed by atoms with Gasteiger partial charge in [-0.05, 0) is 36.8 Å². The molecule has 0 amide bonds. The van der Waals surface area contributed by atoms with Gasteiger partial charge in [0.2, 0.25) is 0 Å². The Morgan fingerprint density at radius 2 is 1.68 bits per heavy atom. The smallest absolute Gasteiger partial charge is 0.171 e. The Hall–Kier alpha value is -1.91. The van der Waals surface area contributed by atoms with E-state index in [0.717, 1.165) is 12.2 Å². The third-order valence-corrected chi connectivity index (χ3v) is 3.65. The van der Waals surface area contributed by atoms with E-state index in [0.29, 0.717) is 5.11 Å². The molecule has 0 aliphatic carbocycles. The van der Waals surface area contributed by atoms with E-state index in [1.54, 1.807) is 0 Å². The third-order valence-electron chi connectivity index (χ3n) is 3.43. The Morgan fingerprint density at radius 3 is 2.27 bits per heavy atom. The first-order chi connectivity index (χ1) is 10.5. The minimum atomic E-state index is 0.191. The highest BCUT2D eigenvalue weighted by molar-refractivity contribution is 7.80. The van der Waals surface area contributed by atoms with Gasteiger partial charge in [-0.3, -0.25) is 0 Å². The van der Waals surface area contributed by atoms with Crippen molar-refractivity contribution in [1.29, 1.82) is 0 Å². The summed E-state index contributed by atoms with van der Waals surface area (Å²) in [7, 11) is 4.29. The second-order valence-electron chi connectivity index (χ2n) is 5.84. The van der Waals surface area contributed by atoms with E-state index < -0.39 is 0 Å². The molecule has 0 radical (unpaired) electrons. The summed E-state index contributed by atoms with van der Waals surface area (Å²) in [4.78, 5) is 1.37. The molecule has 0 saturated heterocycles. The minimum Gasteiger partial charge on any atom is -0.350 e. The van der Waals surface area contributed by atoms with E-state index in [4.69, 9.17) is 12.2 Å². The maximum Gasteiger partial charge on any atom is 0.171 e. The Morgan fingerprint density at radius 1 is 1.05 bits per heavy atom. The molecule has 22 heavy (non-hydrogen) atoms. The van der Waals surface area contributed by atoms with Gasteiger partial charge in [-0.2, -0.15) is 0 Å². The Kier molecular flexibility index (Phi) is 5.92. The lowest BCUT2D eigenvalue weighted by atomic mass is 10.1. The number of rotatable bonds is 5. The molecule has 2 aromatic carbocycles. The minimum absolute atomic E-state index is 0.191. The molecule has 0 aliphatic heterocycles. The van der Waals surface area contributed by atoms with Gasteiger partial charge in [-0.25, -0.2) is 0 Å². The predicted octanol–water partition coefficient (Wildman–Crippen LogP) is 2.17. The summed E-state index contributed by atoms with van der Waals surface area (Å²) in [5.41, 5.74) is 3.49. The van der Waals surface area contributed by atoms with Crippen LogP contribution in [0.3, 0.4) is 0 Å². The van der Waals surface area contributed by atoms with Gasteiger partial charge in [0.1, 0.15) is 12.6 Å². The van der Waals surface area contributed by atoms with Crippen LogP contribution in [0.25, 0.3) is 0 Å². The van der Waals surface area contributed by atoms with Gasteiger partial charge < -0.3 is 15.5 Å². The Labute approximate surface area is 138 Å². The third kappa shape index (κ3) is 5.13. The molecule has 3 N–H and O–H groups in total. The number of likely N-dealkylation sites (N-methyl/N-ethyl adjacent to an activating group) is 1. The SMILES string of the molecule is Cc1ccc(NC(=S)N[C@@H](C[NH+](C)C)c2ccccc2)cc1. The molecule has 4 heteroatoms. The number of quaternary nitrogens is 1. The molecule has 1 atom stereocenters. The summed E-state index contributed by atoms with van der Waals surface area (Å²) >= 11 is 5.47. The summed E-state index contributed by atoms with van der Waals surface area (Å²) in [5, 5.41) is 7.33. The largest absolute Gasteiger partial charge is 0.350 e. The number of aryl methyl sites for hydroxylation is 1. The quantitative estimate of drug-likeness (QED) is 0.739. The molecule has 0 aliphatic rings. The number of anilines is 1. The van der Waals surface area contributed by atoms with Crippen molar-refractivity contribution in [2.24, 2.45) is 0 Å². The van der Waals surface area contributed by atoms with Crippen molar-refractivity contribution in [3.05, 3.63) is 65.7 Å². The van der Waals surface area contributed by atoms with Gasteiger partial charge in [-0.1, -0.05) is 48.0 Å². The second kappa shape index (κ2) is 7.92. The standard InChI is InChI=1S/C18H23N3S/c1-14-9-11-16(12-10-14)19-18(22)20-17(13-21(2)3)15-7-5-4-6-8-15/h4-12,17H,13H2,1-3H3,(H2,19,20,22)/p+1/t17-/m0/s1. The zero-order valence-electron chi connectivity index (χ0n) is 13.4. The van der Waals surface area contributed by atoms with Gasteiger partial charge >= 0.3 is 0 Å². The summed E-state index contributed by atoms with van der Waals surface area (Å²) in [6.45, 7) is 3.03. The first-order valence-corrected chi connectivity index (χ1v) is 7.93. The van der Waals surface area contributed by atoms with E-state index in [1.165, 1.54) is 16.0 Å². The molecule has 3 nitrogen and oxygen atoms in total. The Bertz CT molecular complexity index is 593. The zero-order chi connectivity index (χ0) is 15.9. The van der Waals surface area contributed by atoms with Crippen LogP contribution in [0.4, 0.5) is 5.69 Å². The lowest BCUT2D eigenvalue weighted by Crippen LogP contribution is -3.06. The van der Waals surface area contributed by atoms with Crippen molar-refractivity contribution >= 4 is 23.0 Å². The highest BCUT2D eigenvalue weighted by atomic mass is 32.1. The number of nitrogens with one attached hydrogen (secondary N) is 3. The fourth-order valence-corrected chi connectivity index (χ4v) is 2.57. The number of hydrogen-bond acceptors (Lipinski definition) is 1. The molecule has 0 bridgehead atoms. The molecule has 116 valence electrons. The van der Waals surface area contributed by atoms with Crippen LogP contribution in [0, 0.1) is 6.92 Å². The summed E-state index contributed by atoms with van der Waals surface area (Å²) in [5.74, 6) is 0. The van der Waals surface area contributed by atoms with Crippen LogP contribution >= 0.6 is 12.2 Å². The van der Waals surface area contributed by atoms with Crippen LogP contribution < -0.4 is 15.5 Å². The Balaban J connectivity index is 2.03. The molecule has 2 aromatic rings. The normalized spacial score (nSPS) is 12.0. The summed E-state index contributed by atoms with van der Waals surface area (Å²) in [6.07, 6.45) is 0. The van der Waals surface area contributed by atoms with E-state index in [2.05, 4.69) is 68.1 Å². The molecule has 0 aromatic heterocycles. The van der Waals surface area contributed by atoms with Crippen LogP contribution in [0.5, 0.6) is 0 Å². The molecule has 0 fully saturated rings. The summed E-state index contributed by atoms with van der Waals surface area (Å²) < 4.78 is 0. The van der Waals surface area contributed by atoms with Gasteiger partial charge in [0.05, 0.1) is 14.1 Å². The van der Waals surface area contributed by atoms with Crippen LogP contribution in [0.15, 0.2) is 54.6 Å². The molecule has 0 unspecified atom stereocenters. The first-order valence-electron chi connectivity index (χ1n) is 7.53. The van der Waals surface area contributed by atoms with Gasteiger partial charge in [-0.15, -0.1) is 0 Å². The molecular formula is C18H24N3S+. The van der Waals surface area contributed by atoms with Crippen molar-refractivity contribution < 1.29 is 4.90 Å². The average molecular weight is 314 g/mol. The van der Waals surface area contributed by atoms with E-state index in [1.807, 2.05) is 18.2 Å².